The van der Waals surface area contributed by atoms with Crippen molar-refractivity contribution in [2.45, 2.75) is 38.8 Å². The second kappa shape index (κ2) is 8.27. The van der Waals surface area contributed by atoms with Crippen LogP contribution >= 0.6 is 0 Å². The van der Waals surface area contributed by atoms with Gasteiger partial charge >= 0.3 is 0 Å². The molecule has 2 aliphatic rings. The Morgan fingerprint density at radius 2 is 1.79 bits per heavy atom. The smallest absolute Gasteiger partial charge is 0.228 e. The molecule has 2 aliphatic heterocycles. The summed E-state index contributed by atoms with van der Waals surface area (Å²) in [7, 11) is 1.64. The molecule has 2 atom stereocenters. The van der Waals surface area contributed by atoms with E-state index in [9.17, 15) is 9.59 Å². The number of hydrogen-bond acceptors (Lipinski definition) is 3. The molecule has 4 rings (SSSR count). The molecular formula is C24H28N2O3. The van der Waals surface area contributed by atoms with E-state index in [1.165, 1.54) is 11.1 Å². The highest BCUT2D eigenvalue weighted by molar-refractivity contribution is 5.85. The van der Waals surface area contributed by atoms with Crippen LogP contribution in [-0.2, 0) is 22.6 Å². The average molecular weight is 392 g/mol. The highest BCUT2D eigenvalue weighted by atomic mass is 16.5. The minimum atomic E-state index is -0.225. The van der Waals surface area contributed by atoms with Crippen LogP contribution in [0.5, 0.6) is 5.75 Å². The summed E-state index contributed by atoms with van der Waals surface area (Å²) in [5, 5.41) is 0. The normalized spacial score (nSPS) is 21.7. The van der Waals surface area contributed by atoms with Crippen molar-refractivity contribution in [3.05, 3.63) is 65.2 Å². The monoisotopic (exact) mass is 392 g/mol. The number of carbonyl (C=O) groups excluding carboxylic acids is 2. The number of likely N-dealkylation sites (tertiary alicyclic amines) is 1. The van der Waals surface area contributed by atoms with Gasteiger partial charge in [-0.2, -0.15) is 0 Å². The summed E-state index contributed by atoms with van der Waals surface area (Å²) >= 11 is 0. The molecule has 0 aromatic heterocycles. The molecule has 0 saturated carbocycles. The maximum absolute atomic E-state index is 13.6. The number of methoxy groups -OCH3 is 1. The van der Waals surface area contributed by atoms with Gasteiger partial charge in [0.25, 0.3) is 0 Å². The maximum Gasteiger partial charge on any atom is 0.228 e. The summed E-state index contributed by atoms with van der Waals surface area (Å²) in [6.07, 6.45) is 1.92. The van der Waals surface area contributed by atoms with Gasteiger partial charge in [0.1, 0.15) is 5.75 Å². The Morgan fingerprint density at radius 1 is 1.07 bits per heavy atom. The van der Waals surface area contributed by atoms with E-state index in [2.05, 4.69) is 18.2 Å². The van der Waals surface area contributed by atoms with Crippen molar-refractivity contribution in [3.8, 4) is 5.75 Å². The number of benzene rings is 2. The second-order valence-electron chi connectivity index (χ2n) is 7.82. The van der Waals surface area contributed by atoms with Crippen LogP contribution in [-0.4, -0.2) is 41.8 Å². The van der Waals surface area contributed by atoms with Crippen molar-refractivity contribution >= 4 is 11.8 Å². The molecule has 2 amide bonds. The molecular weight excluding hydrogens is 364 g/mol. The van der Waals surface area contributed by atoms with Gasteiger partial charge in [-0.25, -0.2) is 0 Å². The molecule has 0 bridgehead atoms. The van der Waals surface area contributed by atoms with Crippen LogP contribution in [0.3, 0.4) is 0 Å². The van der Waals surface area contributed by atoms with Gasteiger partial charge in [-0.05, 0) is 48.6 Å². The van der Waals surface area contributed by atoms with Crippen LogP contribution in [0.4, 0.5) is 0 Å². The van der Waals surface area contributed by atoms with E-state index in [0.29, 0.717) is 25.9 Å². The summed E-state index contributed by atoms with van der Waals surface area (Å²) in [5.41, 5.74) is 3.56. The molecule has 0 aliphatic carbocycles. The van der Waals surface area contributed by atoms with E-state index >= 15 is 0 Å². The van der Waals surface area contributed by atoms with E-state index in [4.69, 9.17) is 4.74 Å². The molecule has 0 radical (unpaired) electrons. The molecule has 1 saturated heterocycles. The fourth-order valence-corrected chi connectivity index (χ4v) is 4.72. The van der Waals surface area contributed by atoms with Crippen LogP contribution in [0, 0.1) is 5.92 Å². The highest BCUT2D eigenvalue weighted by Crippen LogP contribution is 2.39. The fraction of sp³-hybridized carbons (Fsp3) is 0.417. The Labute approximate surface area is 172 Å². The Balaban J connectivity index is 1.62. The third-order valence-corrected chi connectivity index (χ3v) is 6.26. The molecule has 0 spiro atoms. The van der Waals surface area contributed by atoms with Gasteiger partial charge in [0.05, 0.1) is 19.1 Å². The molecule has 29 heavy (non-hydrogen) atoms. The van der Waals surface area contributed by atoms with E-state index in [1.807, 2.05) is 47.1 Å². The number of rotatable bonds is 4. The lowest BCUT2D eigenvalue weighted by Crippen LogP contribution is -2.49. The Morgan fingerprint density at radius 3 is 2.48 bits per heavy atom. The number of carbonyl (C=O) groups is 2. The minimum Gasteiger partial charge on any atom is -0.497 e. The first-order valence-electron chi connectivity index (χ1n) is 10.4. The van der Waals surface area contributed by atoms with E-state index in [1.54, 1.807) is 7.11 Å². The minimum absolute atomic E-state index is 0.126. The highest BCUT2D eigenvalue weighted by Gasteiger charge is 2.41. The number of ether oxygens (including phenoxy) is 1. The van der Waals surface area contributed by atoms with Gasteiger partial charge < -0.3 is 14.5 Å². The van der Waals surface area contributed by atoms with Crippen LogP contribution in [0.25, 0.3) is 0 Å². The second-order valence-corrected chi connectivity index (χ2v) is 7.82. The number of nitrogens with zero attached hydrogens (tertiary/aromatic N) is 2. The van der Waals surface area contributed by atoms with Crippen molar-refractivity contribution in [2.75, 3.05) is 20.2 Å². The molecule has 152 valence electrons. The zero-order valence-electron chi connectivity index (χ0n) is 17.1. The average Bonchev–Trinajstić information content (AvgIpc) is 2.78. The number of amides is 2. The first-order valence-corrected chi connectivity index (χ1v) is 10.4. The van der Waals surface area contributed by atoms with Gasteiger partial charge in [-0.3, -0.25) is 9.59 Å². The fourth-order valence-electron chi connectivity index (χ4n) is 4.72. The van der Waals surface area contributed by atoms with E-state index < -0.39 is 0 Å². The first kappa shape index (κ1) is 19.5. The lowest BCUT2D eigenvalue weighted by Gasteiger charge is -2.42. The molecule has 2 aromatic rings. The molecule has 5 nitrogen and oxygen atoms in total. The summed E-state index contributed by atoms with van der Waals surface area (Å²) in [5.74, 6) is 0.841. The van der Waals surface area contributed by atoms with Gasteiger partial charge in [0.2, 0.25) is 11.8 Å². The number of piperidine rings is 1. The molecule has 2 aromatic carbocycles. The van der Waals surface area contributed by atoms with Gasteiger partial charge in [0.15, 0.2) is 0 Å². The van der Waals surface area contributed by atoms with Crippen LogP contribution in [0.2, 0.25) is 0 Å². The molecule has 2 heterocycles. The first-order chi connectivity index (χ1) is 14.1. The molecule has 5 heteroatoms. The van der Waals surface area contributed by atoms with Crippen molar-refractivity contribution in [2.24, 2.45) is 5.92 Å². The standard InChI is InChI=1S/C24H28N2O3/c1-3-26-22(27)13-12-21(23(26)18-8-10-20(29-2)11-9-18)24(28)25-15-14-17-6-4-5-7-19(17)16-25/h4-11,21,23H,3,12-16H2,1-2H3/t21-,23+/m1/s1. The van der Waals surface area contributed by atoms with Gasteiger partial charge in [0, 0.05) is 26.1 Å². The van der Waals surface area contributed by atoms with Crippen molar-refractivity contribution in [1.82, 2.24) is 9.80 Å². The van der Waals surface area contributed by atoms with Crippen LogP contribution in [0.1, 0.15) is 42.5 Å². The summed E-state index contributed by atoms with van der Waals surface area (Å²) in [6.45, 7) is 3.98. The SMILES string of the molecule is CCN1C(=O)CC[C@@H](C(=O)N2CCc3ccccc3C2)[C@@H]1c1ccc(OC)cc1. The quantitative estimate of drug-likeness (QED) is 0.799. The Kier molecular flexibility index (Phi) is 5.56. The molecule has 0 unspecified atom stereocenters. The Bertz CT molecular complexity index is 893. The summed E-state index contributed by atoms with van der Waals surface area (Å²) in [6, 6.07) is 15.9. The predicted molar refractivity (Wildman–Crippen MR) is 111 cm³/mol. The Hall–Kier alpha value is -2.82. The molecule has 1 fully saturated rings. The largest absolute Gasteiger partial charge is 0.497 e. The topological polar surface area (TPSA) is 49.9 Å². The third-order valence-electron chi connectivity index (χ3n) is 6.26. The molecule has 0 N–H and O–H groups in total. The summed E-state index contributed by atoms with van der Waals surface area (Å²) in [4.78, 5) is 30.1. The zero-order valence-corrected chi connectivity index (χ0v) is 17.1. The van der Waals surface area contributed by atoms with Gasteiger partial charge in [-0.1, -0.05) is 36.4 Å². The zero-order chi connectivity index (χ0) is 20.4. The number of hydrogen-bond donors (Lipinski definition) is 0. The van der Waals surface area contributed by atoms with E-state index in [-0.39, 0.29) is 23.8 Å². The predicted octanol–water partition coefficient (Wildman–Crippen LogP) is 3.58. The lowest BCUT2D eigenvalue weighted by molar-refractivity contribution is -0.148. The van der Waals surface area contributed by atoms with Crippen LogP contribution < -0.4 is 4.74 Å². The van der Waals surface area contributed by atoms with Crippen molar-refractivity contribution < 1.29 is 14.3 Å². The summed E-state index contributed by atoms with van der Waals surface area (Å²) < 4.78 is 5.28. The van der Waals surface area contributed by atoms with Gasteiger partial charge in [-0.15, -0.1) is 0 Å². The van der Waals surface area contributed by atoms with Crippen molar-refractivity contribution in [3.63, 3.8) is 0 Å². The number of fused-ring (bicyclic) bond motifs is 1. The lowest BCUT2D eigenvalue weighted by atomic mass is 9.82. The van der Waals surface area contributed by atoms with Crippen molar-refractivity contribution in [1.29, 1.82) is 0 Å². The van der Waals surface area contributed by atoms with Crippen LogP contribution in [0.15, 0.2) is 48.5 Å². The third kappa shape index (κ3) is 3.74. The maximum atomic E-state index is 13.6. The van der Waals surface area contributed by atoms with E-state index in [0.717, 1.165) is 24.3 Å².